The second-order valence-corrected chi connectivity index (χ2v) is 5.95. The van der Waals surface area contributed by atoms with Gasteiger partial charge in [0.2, 0.25) is 0 Å². The SMILES string of the molecule is CC(C)(C)C1CN(Cc2ccccc2)CCO1. The minimum absolute atomic E-state index is 0.232. The lowest BCUT2D eigenvalue weighted by molar-refractivity contribution is -0.0816. The topological polar surface area (TPSA) is 12.5 Å². The van der Waals surface area contributed by atoms with Gasteiger partial charge in [-0.25, -0.2) is 0 Å². The Kier molecular flexibility index (Phi) is 3.85. The fourth-order valence-corrected chi connectivity index (χ4v) is 2.21. The molecule has 0 aliphatic carbocycles. The summed E-state index contributed by atoms with van der Waals surface area (Å²) < 4.78 is 5.87. The van der Waals surface area contributed by atoms with Crippen molar-refractivity contribution in [3.8, 4) is 0 Å². The molecular formula is C15H23NO. The van der Waals surface area contributed by atoms with Crippen LogP contribution in [0.4, 0.5) is 0 Å². The van der Waals surface area contributed by atoms with Crippen molar-refractivity contribution in [2.24, 2.45) is 5.41 Å². The minimum atomic E-state index is 0.232. The van der Waals surface area contributed by atoms with E-state index in [0.717, 1.165) is 26.2 Å². The van der Waals surface area contributed by atoms with Gasteiger partial charge in [-0.1, -0.05) is 51.1 Å². The molecule has 1 aliphatic heterocycles. The summed E-state index contributed by atoms with van der Waals surface area (Å²) in [6.07, 6.45) is 0.347. The van der Waals surface area contributed by atoms with Crippen LogP contribution in [0.25, 0.3) is 0 Å². The Morgan fingerprint density at radius 3 is 2.59 bits per heavy atom. The van der Waals surface area contributed by atoms with E-state index in [4.69, 9.17) is 4.74 Å². The summed E-state index contributed by atoms with van der Waals surface area (Å²) in [5, 5.41) is 0. The lowest BCUT2D eigenvalue weighted by atomic mass is 9.88. The predicted molar refractivity (Wildman–Crippen MR) is 70.9 cm³/mol. The average Bonchev–Trinajstić information content (AvgIpc) is 2.29. The molecule has 0 aromatic heterocycles. The lowest BCUT2D eigenvalue weighted by Gasteiger charge is -2.39. The van der Waals surface area contributed by atoms with Crippen LogP contribution in [0.5, 0.6) is 0 Å². The van der Waals surface area contributed by atoms with E-state index in [1.54, 1.807) is 0 Å². The van der Waals surface area contributed by atoms with Crippen LogP contribution in [0.2, 0.25) is 0 Å². The van der Waals surface area contributed by atoms with Gasteiger partial charge in [0.15, 0.2) is 0 Å². The van der Waals surface area contributed by atoms with Crippen molar-refractivity contribution in [1.29, 1.82) is 0 Å². The second-order valence-electron chi connectivity index (χ2n) is 5.95. The molecule has 2 rings (SSSR count). The molecule has 0 N–H and O–H groups in total. The van der Waals surface area contributed by atoms with Gasteiger partial charge in [0.25, 0.3) is 0 Å². The largest absolute Gasteiger partial charge is 0.375 e. The van der Waals surface area contributed by atoms with Crippen molar-refractivity contribution < 1.29 is 4.74 Å². The molecule has 2 nitrogen and oxygen atoms in total. The molecule has 1 atom stereocenters. The summed E-state index contributed by atoms with van der Waals surface area (Å²) >= 11 is 0. The maximum Gasteiger partial charge on any atom is 0.0750 e. The first kappa shape index (κ1) is 12.6. The molecule has 1 aromatic carbocycles. The summed E-state index contributed by atoms with van der Waals surface area (Å²) in [4.78, 5) is 2.49. The van der Waals surface area contributed by atoms with Gasteiger partial charge in [0.05, 0.1) is 12.7 Å². The number of benzene rings is 1. The Morgan fingerprint density at radius 2 is 1.94 bits per heavy atom. The third-order valence-electron chi connectivity index (χ3n) is 3.37. The molecule has 0 spiro atoms. The van der Waals surface area contributed by atoms with Crippen LogP contribution >= 0.6 is 0 Å². The van der Waals surface area contributed by atoms with Crippen LogP contribution in [-0.4, -0.2) is 30.7 Å². The van der Waals surface area contributed by atoms with Crippen molar-refractivity contribution in [2.45, 2.75) is 33.4 Å². The maximum atomic E-state index is 5.87. The second kappa shape index (κ2) is 5.19. The summed E-state index contributed by atoms with van der Waals surface area (Å²) in [5.74, 6) is 0. The number of morpholine rings is 1. The van der Waals surface area contributed by atoms with Gasteiger partial charge in [-0.3, -0.25) is 4.90 Å². The van der Waals surface area contributed by atoms with Crippen LogP contribution in [0.1, 0.15) is 26.3 Å². The zero-order chi connectivity index (χ0) is 12.3. The van der Waals surface area contributed by atoms with Gasteiger partial charge >= 0.3 is 0 Å². The number of ether oxygens (including phenoxy) is 1. The van der Waals surface area contributed by atoms with Crippen molar-refractivity contribution in [2.75, 3.05) is 19.7 Å². The maximum absolute atomic E-state index is 5.87. The highest BCUT2D eigenvalue weighted by Gasteiger charge is 2.30. The van der Waals surface area contributed by atoms with Crippen molar-refractivity contribution in [1.82, 2.24) is 4.90 Å². The van der Waals surface area contributed by atoms with E-state index >= 15 is 0 Å². The van der Waals surface area contributed by atoms with Gasteiger partial charge in [-0.2, -0.15) is 0 Å². The third-order valence-corrected chi connectivity index (χ3v) is 3.37. The van der Waals surface area contributed by atoms with Gasteiger partial charge in [-0.05, 0) is 11.0 Å². The molecule has 2 heteroatoms. The first-order valence-electron chi connectivity index (χ1n) is 6.43. The molecule has 1 aliphatic rings. The molecule has 1 heterocycles. The van der Waals surface area contributed by atoms with E-state index in [-0.39, 0.29) is 5.41 Å². The van der Waals surface area contributed by atoms with Crippen molar-refractivity contribution in [3.63, 3.8) is 0 Å². The molecule has 1 unspecified atom stereocenters. The molecular weight excluding hydrogens is 210 g/mol. The van der Waals surface area contributed by atoms with Crippen molar-refractivity contribution in [3.05, 3.63) is 35.9 Å². The van der Waals surface area contributed by atoms with Gasteiger partial charge < -0.3 is 4.74 Å². The Bertz CT molecular complexity index is 342. The monoisotopic (exact) mass is 233 g/mol. The molecule has 17 heavy (non-hydrogen) atoms. The highest BCUT2D eigenvalue weighted by atomic mass is 16.5. The van der Waals surface area contributed by atoms with E-state index in [0.29, 0.717) is 6.10 Å². The number of hydrogen-bond donors (Lipinski definition) is 0. The van der Waals surface area contributed by atoms with E-state index in [1.807, 2.05) is 0 Å². The van der Waals surface area contributed by atoms with E-state index in [1.165, 1.54) is 5.56 Å². The van der Waals surface area contributed by atoms with Crippen molar-refractivity contribution >= 4 is 0 Å². The summed E-state index contributed by atoms with van der Waals surface area (Å²) in [6.45, 7) is 10.7. The van der Waals surface area contributed by atoms with Gasteiger partial charge in [0.1, 0.15) is 0 Å². The molecule has 0 saturated carbocycles. The van der Waals surface area contributed by atoms with Gasteiger partial charge in [0, 0.05) is 19.6 Å². The fraction of sp³-hybridized carbons (Fsp3) is 0.600. The van der Waals surface area contributed by atoms with E-state index < -0.39 is 0 Å². The zero-order valence-electron chi connectivity index (χ0n) is 11.1. The Labute approximate surface area is 105 Å². The smallest absolute Gasteiger partial charge is 0.0750 e. The highest BCUT2D eigenvalue weighted by molar-refractivity contribution is 5.14. The molecule has 0 bridgehead atoms. The minimum Gasteiger partial charge on any atom is -0.375 e. The summed E-state index contributed by atoms with van der Waals surface area (Å²) in [7, 11) is 0. The quantitative estimate of drug-likeness (QED) is 0.778. The van der Waals surface area contributed by atoms with Crippen LogP contribution in [-0.2, 0) is 11.3 Å². The number of hydrogen-bond acceptors (Lipinski definition) is 2. The molecule has 1 fully saturated rings. The summed E-state index contributed by atoms with van der Waals surface area (Å²) in [5.41, 5.74) is 1.62. The van der Waals surface area contributed by atoms with Crippen LogP contribution in [0, 0.1) is 5.41 Å². The van der Waals surface area contributed by atoms with Crippen LogP contribution in [0.15, 0.2) is 30.3 Å². The number of nitrogens with zero attached hydrogens (tertiary/aromatic N) is 1. The number of rotatable bonds is 2. The highest BCUT2D eigenvalue weighted by Crippen LogP contribution is 2.25. The van der Waals surface area contributed by atoms with E-state index in [2.05, 4.69) is 56.0 Å². The van der Waals surface area contributed by atoms with Crippen LogP contribution < -0.4 is 0 Å². The first-order valence-corrected chi connectivity index (χ1v) is 6.43. The third kappa shape index (κ3) is 3.55. The molecule has 1 aromatic rings. The molecule has 0 amide bonds. The average molecular weight is 233 g/mol. The summed E-state index contributed by atoms with van der Waals surface area (Å²) in [6, 6.07) is 10.7. The molecule has 94 valence electrons. The first-order chi connectivity index (χ1) is 8.05. The Balaban J connectivity index is 1.94. The lowest BCUT2D eigenvalue weighted by Crippen LogP contribution is -2.47. The fourth-order valence-electron chi connectivity index (χ4n) is 2.21. The standard InChI is InChI=1S/C15H23NO/c1-15(2,3)14-12-16(9-10-17-14)11-13-7-5-4-6-8-13/h4-8,14H,9-12H2,1-3H3. The zero-order valence-corrected chi connectivity index (χ0v) is 11.1. The normalized spacial score (nSPS) is 22.6. The Morgan fingerprint density at radius 1 is 1.24 bits per heavy atom. The molecule has 0 radical (unpaired) electrons. The predicted octanol–water partition coefficient (Wildman–Crippen LogP) is 2.93. The van der Waals surface area contributed by atoms with Gasteiger partial charge in [-0.15, -0.1) is 0 Å². The van der Waals surface area contributed by atoms with E-state index in [9.17, 15) is 0 Å². The Hall–Kier alpha value is -0.860. The molecule has 1 saturated heterocycles. The van der Waals surface area contributed by atoms with Crippen LogP contribution in [0.3, 0.4) is 0 Å².